The van der Waals surface area contributed by atoms with E-state index in [1.165, 1.54) is 5.56 Å². The van der Waals surface area contributed by atoms with E-state index >= 15 is 0 Å². The standard InChI is InChI=1S/C22H25ClN2O3S/c1-29-12-11-20(24-21(26)14-28-17-5-3-2-4-6-17)22(27)25-19-10-7-15-13-16(23)8-9-18(15)19/h2-6,8-9,13,19-20H,7,10-12,14H2,1H3,(H,24,26)(H,25,27). The summed E-state index contributed by atoms with van der Waals surface area (Å²) in [5, 5.41) is 6.62. The van der Waals surface area contributed by atoms with Gasteiger partial charge in [-0.15, -0.1) is 0 Å². The number of amides is 2. The third-order valence-electron chi connectivity index (χ3n) is 4.87. The Bertz CT molecular complexity index is 847. The van der Waals surface area contributed by atoms with Gasteiger partial charge >= 0.3 is 0 Å². The van der Waals surface area contributed by atoms with Crippen LogP contribution in [0.3, 0.4) is 0 Å². The van der Waals surface area contributed by atoms with Gasteiger partial charge in [-0.05, 0) is 66.7 Å². The summed E-state index contributed by atoms with van der Waals surface area (Å²) < 4.78 is 5.48. The van der Waals surface area contributed by atoms with Crippen molar-refractivity contribution in [2.75, 3.05) is 18.6 Å². The van der Waals surface area contributed by atoms with E-state index in [0.717, 1.165) is 24.2 Å². The molecule has 0 spiro atoms. The van der Waals surface area contributed by atoms with E-state index in [4.69, 9.17) is 16.3 Å². The van der Waals surface area contributed by atoms with Crippen LogP contribution in [-0.2, 0) is 16.0 Å². The van der Waals surface area contributed by atoms with Crippen molar-refractivity contribution in [1.82, 2.24) is 10.6 Å². The number of thioether (sulfide) groups is 1. The fourth-order valence-electron chi connectivity index (χ4n) is 3.41. The van der Waals surface area contributed by atoms with Gasteiger partial charge < -0.3 is 15.4 Å². The smallest absolute Gasteiger partial charge is 0.258 e. The molecular weight excluding hydrogens is 408 g/mol. The van der Waals surface area contributed by atoms with Gasteiger partial charge in [0.1, 0.15) is 11.8 Å². The molecule has 2 aromatic rings. The first-order chi connectivity index (χ1) is 14.1. The molecule has 29 heavy (non-hydrogen) atoms. The van der Waals surface area contributed by atoms with E-state index in [0.29, 0.717) is 17.2 Å². The predicted octanol–water partition coefficient (Wildman–Crippen LogP) is 3.76. The molecule has 1 aliphatic carbocycles. The number of carbonyl (C=O) groups excluding carboxylic acids is 2. The molecule has 0 bridgehead atoms. The Hall–Kier alpha value is -2.18. The van der Waals surface area contributed by atoms with Crippen molar-refractivity contribution in [2.45, 2.75) is 31.3 Å². The minimum absolute atomic E-state index is 0.0518. The van der Waals surface area contributed by atoms with Crippen molar-refractivity contribution in [1.29, 1.82) is 0 Å². The van der Waals surface area contributed by atoms with E-state index in [1.807, 2.05) is 42.7 Å². The Morgan fingerprint density at radius 3 is 2.79 bits per heavy atom. The van der Waals surface area contributed by atoms with Crippen LogP contribution in [0, 0.1) is 0 Å². The molecule has 0 aliphatic heterocycles. The van der Waals surface area contributed by atoms with Crippen LogP contribution in [0.1, 0.15) is 30.0 Å². The summed E-state index contributed by atoms with van der Waals surface area (Å²) in [7, 11) is 0. The van der Waals surface area contributed by atoms with E-state index in [2.05, 4.69) is 10.6 Å². The minimum atomic E-state index is -0.592. The van der Waals surface area contributed by atoms with Gasteiger partial charge in [0.05, 0.1) is 6.04 Å². The monoisotopic (exact) mass is 432 g/mol. The third kappa shape index (κ3) is 6.15. The van der Waals surface area contributed by atoms with Crippen LogP contribution in [-0.4, -0.2) is 36.5 Å². The maximum Gasteiger partial charge on any atom is 0.258 e. The minimum Gasteiger partial charge on any atom is -0.484 e. The summed E-state index contributed by atoms with van der Waals surface area (Å²) >= 11 is 7.71. The van der Waals surface area contributed by atoms with Gasteiger partial charge in [-0.1, -0.05) is 35.9 Å². The van der Waals surface area contributed by atoms with E-state index in [9.17, 15) is 9.59 Å². The first kappa shape index (κ1) is 21.5. The molecule has 0 saturated heterocycles. The van der Waals surface area contributed by atoms with Gasteiger partial charge in [0, 0.05) is 5.02 Å². The lowest BCUT2D eigenvalue weighted by atomic mass is 10.1. The molecule has 7 heteroatoms. The number of hydrogen-bond donors (Lipinski definition) is 2. The molecule has 5 nitrogen and oxygen atoms in total. The van der Waals surface area contributed by atoms with Crippen molar-refractivity contribution in [2.24, 2.45) is 0 Å². The summed E-state index contributed by atoms with van der Waals surface area (Å²) in [5.41, 5.74) is 2.27. The molecule has 2 aromatic carbocycles. The highest BCUT2D eigenvalue weighted by Gasteiger charge is 2.28. The van der Waals surface area contributed by atoms with Crippen LogP contribution in [0.4, 0.5) is 0 Å². The number of rotatable bonds is 9. The molecule has 2 N–H and O–H groups in total. The average molecular weight is 433 g/mol. The molecule has 0 saturated carbocycles. The number of benzene rings is 2. The largest absolute Gasteiger partial charge is 0.484 e. The Kier molecular flexibility index (Phi) is 7.83. The third-order valence-corrected chi connectivity index (χ3v) is 5.75. The lowest BCUT2D eigenvalue weighted by Crippen LogP contribution is -2.49. The summed E-state index contributed by atoms with van der Waals surface area (Å²) in [6.07, 6.45) is 4.26. The van der Waals surface area contributed by atoms with Gasteiger partial charge in [0.15, 0.2) is 6.61 Å². The molecule has 2 unspecified atom stereocenters. The van der Waals surface area contributed by atoms with Crippen molar-refractivity contribution in [3.8, 4) is 5.75 Å². The highest BCUT2D eigenvalue weighted by Crippen LogP contribution is 2.32. The second-order valence-electron chi connectivity index (χ2n) is 6.95. The number of ether oxygens (including phenoxy) is 1. The number of nitrogens with one attached hydrogen (secondary N) is 2. The van der Waals surface area contributed by atoms with Crippen LogP contribution in [0.25, 0.3) is 0 Å². The summed E-state index contributed by atoms with van der Waals surface area (Å²) in [6, 6.07) is 14.3. The quantitative estimate of drug-likeness (QED) is 0.633. The summed E-state index contributed by atoms with van der Waals surface area (Å²) in [6.45, 7) is -0.127. The van der Waals surface area contributed by atoms with E-state index < -0.39 is 6.04 Å². The maximum atomic E-state index is 12.9. The predicted molar refractivity (Wildman–Crippen MR) is 118 cm³/mol. The zero-order valence-corrected chi connectivity index (χ0v) is 17.9. The summed E-state index contributed by atoms with van der Waals surface area (Å²) in [5.74, 6) is 0.914. The molecule has 2 atom stereocenters. The molecular formula is C22H25ClN2O3S. The normalized spacial score (nSPS) is 16.0. The van der Waals surface area contributed by atoms with Crippen molar-refractivity contribution >= 4 is 35.2 Å². The number of hydrogen-bond acceptors (Lipinski definition) is 4. The van der Waals surface area contributed by atoms with Crippen molar-refractivity contribution in [3.05, 3.63) is 64.7 Å². The number of fused-ring (bicyclic) bond motifs is 1. The topological polar surface area (TPSA) is 67.4 Å². The zero-order valence-electron chi connectivity index (χ0n) is 16.3. The number of halogens is 1. The summed E-state index contributed by atoms with van der Waals surface area (Å²) in [4.78, 5) is 25.2. The molecule has 0 aromatic heterocycles. The first-order valence-corrected chi connectivity index (χ1v) is 11.4. The van der Waals surface area contributed by atoms with Crippen LogP contribution in [0.15, 0.2) is 48.5 Å². The Morgan fingerprint density at radius 2 is 2.03 bits per heavy atom. The molecule has 0 heterocycles. The molecule has 2 amide bonds. The van der Waals surface area contributed by atoms with E-state index in [-0.39, 0.29) is 24.5 Å². The average Bonchev–Trinajstić information content (AvgIpc) is 3.11. The number of carbonyl (C=O) groups is 2. The van der Waals surface area contributed by atoms with E-state index in [1.54, 1.807) is 23.9 Å². The Morgan fingerprint density at radius 1 is 1.24 bits per heavy atom. The highest BCUT2D eigenvalue weighted by atomic mass is 35.5. The highest BCUT2D eigenvalue weighted by molar-refractivity contribution is 7.98. The van der Waals surface area contributed by atoms with Crippen molar-refractivity contribution < 1.29 is 14.3 Å². The van der Waals surface area contributed by atoms with Crippen LogP contribution in [0.5, 0.6) is 5.75 Å². The van der Waals surface area contributed by atoms with Gasteiger partial charge in [0.2, 0.25) is 5.91 Å². The molecule has 0 fully saturated rings. The van der Waals surface area contributed by atoms with Crippen LogP contribution >= 0.6 is 23.4 Å². The molecule has 154 valence electrons. The SMILES string of the molecule is CSCCC(NC(=O)COc1ccccc1)C(=O)NC1CCc2cc(Cl)ccc21. The fraction of sp³-hybridized carbons (Fsp3) is 0.364. The van der Waals surface area contributed by atoms with Gasteiger partial charge in [-0.2, -0.15) is 11.8 Å². The molecule has 1 aliphatic rings. The molecule has 3 rings (SSSR count). The number of para-hydroxylation sites is 1. The van der Waals surface area contributed by atoms with Crippen molar-refractivity contribution in [3.63, 3.8) is 0 Å². The molecule has 0 radical (unpaired) electrons. The van der Waals surface area contributed by atoms with Gasteiger partial charge in [0.25, 0.3) is 5.91 Å². The lowest BCUT2D eigenvalue weighted by Gasteiger charge is -2.21. The zero-order chi connectivity index (χ0) is 20.6. The second kappa shape index (κ2) is 10.6. The maximum absolute atomic E-state index is 12.9. The Balaban J connectivity index is 1.58. The lowest BCUT2D eigenvalue weighted by molar-refractivity contribution is -0.130. The second-order valence-corrected chi connectivity index (χ2v) is 8.37. The fourth-order valence-corrected chi connectivity index (χ4v) is 4.08. The van der Waals surface area contributed by atoms with Gasteiger partial charge in [-0.25, -0.2) is 0 Å². The number of aryl methyl sites for hydroxylation is 1. The Labute approximate surface area is 180 Å². The van der Waals surface area contributed by atoms with Crippen LogP contribution in [0.2, 0.25) is 5.02 Å². The van der Waals surface area contributed by atoms with Gasteiger partial charge in [-0.3, -0.25) is 9.59 Å². The van der Waals surface area contributed by atoms with Crippen LogP contribution < -0.4 is 15.4 Å². The first-order valence-electron chi connectivity index (χ1n) is 9.61.